The van der Waals surface area contributed by atoms with E-state index in [1.807, 2.05) is 12.1 Å². The first kappa shape index (κ1) is 10.6. The molecule has 0 amide bonds. The van der Waals surface area contributed by atoms with Gasteiger partial charge in [0.25, 0.3) is 0 Å². The molecule has 0 aliphatic carbocycles. The van der Waals surface area contributed by atoms with Crippen molar-refractivity contribution in [2.75, 3.05) is 13.1 Å². The summed E-state index contributed by atoms with van der Waals surface area (Å²) in [7, 11) is 0. The molecular weight excluding hydrogens is 189 g/mol. The standard InChI is InChI=1S/C13H18FN/c1-2-13(15-9-5-6-10-15)11-7-3-4-8-12(11)14/h3-4,7-8,13H,2,5-6,9-10H2,1H3. The summed E-state index contributed by atoms with van der Waals surface area (Å²) in [4.78, 5) is 2.40. The van der Waals surface area contributed by atoms with Gasteiger partial charge in [0.2, 0.25) is 0 Å². The number of nitrogens with zero attached hydrogens (tertiary/aromatic N) is 1. The SMILES string of the molecule is CCC(c1ccccc1F)N1CCCC1. The predicted molar refractivity (Wildman–Crippen MR) is 60.2 cm³/mol. The minimum atomic E-state index is -0.0590. The van der Waals surface area contributed by atoms with Crippen LogP contribution in [0.4, 0.5) is 4.39 Å². The van der Waals surface area contributed by atoms with Crippen LogP contribution in [0.25, 0.3) is 0 Å². The average molecular weight is 207 g/mol. The molecule has 0 N–H and O–H groups in total. The smallest absolute Gasteiger partial charge is 0.127 e. The van der Waals surface area contributed by atoms with Crippen LogP contribution in [0, 0.1) is 5.82 Å². The van der Waals surface area contributed by atoms with Crippen LogP contribution in [-0.2, 0) is 0 Å². The number of hydrogen-bond acceptors (Lipinski definition) is 1. The number of halogens is 1. The third-order valence-electron chi connectivity index (χ3n) is 3.23. The fourth-order valence-electron chi connectivity index (χ4n) is 2.47. The summed E-state index contributed by atoms with van der Waals surface area (Å²) < 4.78 is 13.7. The van der Waals surface area contributed by atoms with Crippen LogP contribution in [0.1, 0.15) is 37.8 Å². The van der Waals surface area contributed by atoms with Gasteiger partial charge in [-0.2, -0.15) is 0 Å². The van der Waals surface area contributed by atoms with E-state index in [1.165, 1.54) is 12.8 Å². The van der Waals surface area contributed by atoms with Crippen molar-refractivity contribution in [3.05, 3.63) is 35.6 Å². The van der Waals surface area contributed by atoms with Gasteiger partial charge in [0.05, 0.1) is 0 Å². The molecule has 1 heterocycles. The molecule has 1 aliphatic heterocycles. The first-order valence-corrected chi connectivity index (χ1v) is 5.81. The highest BCUT2D eigenvalue weighted by Gasteiger charge is 2.23. The van der Waals surface area contributed by atoms with Crippen LogP contribution in [0.15, 0.2) is 24.3 Å². The zero-order valence-corrected chi connectivity index (χ0v) is 9.25. The summed E-state index contributed by atoms with van der Waals surface area (Å²) >= 11 is 0. The highest BCUT2D eigenvalue weighted by molar-refractivity contribution is 5.21. The topological polar surface area (TPSA) is 3.24 Å². The molecule has 2 heteroatoms. The Balaban J connectivity index is 2.22. The Bertz CT molecular complexity index is 318. The predicted octanol–water partition coefficient (Wildman–Crippen LogP) is 3.37. The first-order chi connectivity index (χ1) is 7.33. The number of hydrogen-bond donors (Lipinski definition) is 0. The summed E-state index contributed by atoms with van der Waals surface area (Å²) in [5, 5.41) is 0. The lowest BCUT2D eigenvalue weighted by molar-refractivity contribution is 0.234. The lowest BCUT2D eigenvalue weighted by Crippen LogP contribution is -2.25. The maximum absolute atomic E-state index is 13.7. The van der Waals surface area contributed by atoms with Crippen LogP contribution in [0.5, 0.6) is 0 Å². The van der Waals surface area contributed by atoms with E-state index in [1.54, 1.807) is 12.1 Å². The fourth-order valence-corrected chi connectivity index (χ4v) is 2.47. The second kappa shape index (κ2) is 4.75. The van der Waals surface area contributed by atoms with E-state index < -0.39 is 0 Å². The molecule has 1 unspecified atom stereocenters. The van der Waals surface area contributed by atoms with Crippen molar-refractivity contribution in [3.8, 4) is 0 Å². The fraction of sp³-hybridized carbons (Fsp3) is 0.538. The highest BCUT2D eigenvalue weighted by Crippen LogP contribution is 2.29. The summed E-state index contributed by atoms with van der Waals surface area (Å²) in [5.41, 5.74) is 0.863. The summed E-state index contributed by atoms with van der Waals surface area (Å²) in [6, 6.07) is 7.44. The van der Waals surface area contributed by atoms with Gasteiger partial charge in [-0.05, 0) is 38.4 Å². The Morgan fingerprint density at radius 3 is 2.53 bits per heavy atom. The van der Waals surface area contributed by atoms with E-state index in [0.717, 1.165) is 25.1 Å². The molecule has 1 aliphatic rings. The van der Waals surface area contributed by atoms with Crippen molar-refractivity contribution in [2.45, 2.75) is 32.2 Å². The van der Waals surface area contributed by atoms with E-state index in [-0.39, 0.29) is 11.9 Å². The van der Waals surface area contributed by atoms with E-state index in [9.17, 15) is 4.39 Å². The summed E-state index contributed by atoms with van der Waals surface area (Å²) in [6.07, 6.45) is 3.50. The molecule has 2 rings (SSSR count). The van der Waals surface area contributed by atoms with E-state index in [0.29, 0.717) is 0 Å². The quantitative estimate of drug-likeness (QED) is 0.734. The molecule has 82 valence electrons. The van der Waals surface area contributed by atoms with Crippen molar-refractivity contribution < 1.29 is 4.39 Å². The number of likely N-dealkylation sites (tertiary alicyclic amines) is 1. The van der Waals surface area contributed by atoms with Gasteiger partial charge in [-0.3, -0.25) is 4.90 Å². The molecule has 1 atom stereocenters. The van der Waals surface area contributed by atoms with Gasteiger partial charge >= 0.3 is 0 Å². The molecule has 0 saturated carbocycles. The zero-order valence-electron chi connectivity index (χ0n) is 9.25. The van der Waals surface area contributed by atoms with Gasteiger partial charge in [-0.15, -0.1) is 0 Å². The van der Waals surface area contributed by atoms with E-state index in [4.69, 9.17) is 0 Å². The second-order valence-electron chi connectivity index (χ2n) is 4.19. The van der Waals surface area contributed by atoms with Crippen molar-refractivity contribution >= 4 is 0 Å². The van der Waals surface area contributed by atoms with Crippen LogP contribution in [-0.4, -0.2) is 18.0 Å². The van der Waals surface area contributed by atoms with Gasteiger partial charge in [-0.25, -0.2) is 4.39 Å². The van der Waals surface area contributed by atoms with E-state index in [2.05, 4.69) is 11.8 Å². The van der Waals surface area contributed by atoms with E-state index >= 15 is 0 Å². The van der Waals surface area contributed by atoms with Gasteiger partial charge in [0, 0.05) is 11.6 Å². The maximum Gasteiger partial charge on any atom is 0.127 e. The minimum Gasteiger partial charge on any atom is -0.296 e. The molecule has 1 aromatic rings. The van der Waals surface area contributed by atoms with Crippen molar-refractivity contribution in [1.29, 1.82) is 0 Å². The maximum atomic E-state index is 13.7. The average Bonchev–Trinajstić information content (AvgIpc) is 2.75. The lowest BCUT2D eigenvalue weighted by atomic mass is 10.0. The van der Waals surface area contributed by atoms with Crippen LogP contribution in [0.3, 0.4) is 0 Å². The molecule has 15 heavy (non-hydrogen) atoms. The Kier molecular flexibility index (Phi) is 3.37. The molecule has 0 aromatic heterocycles. The molecule has 1 saturated heterocycles. The van der Waals surface area contributed by atoms with Crippen molar-refractivity contribution in [2.24, 2.45) is 0 Å². The van der Waals surface area contributed by atoms with Crippen LogP contribution >= 0.6 is 0 Å². The van der Waals surface area contributed by atoms with Gasteiger partial charge < -0.3 is 0 Å². The third kappa shape index (κ3) is 2.20. The van der Waals surface area contributed by atoms with Crippen LogP contribution < -0.4 is 0 Å². The monoisotopic (exact) mass is 207 g/mol. The molecule has 0 spiro atoms. The summed E-state index contributed by atoms with van der Waals surface area (Å²) in [6.45, 7) is 4.37. The van der Waals surface area contributed by atoms with Crippen molar-refractivity contribution in [3.63, 3.8) is 0 Å². The Hall–Kier alpha value is -0.890. The number of rotatable bonds is 3. The third-order valence-corrected chi connectivity index (χ3v) is 3.23. The Labute approximate surface area is 90.9 Å². The first-order valence-electron chi connectivity index (χ1n) is 5.81. The van der Waals surface area contributed by atoms with Gasteiger partial charge in [0.15, 0.2) is 0 Å². The largest absolute Gasteiger partial charge is 0.296 e. The van der Waals surface area contributed by atoms with Gasteiger partial charge in [-0.1, -0.05) is 25.1 Å². The Morgan fingerprint density at radius 2 is 1.93 bits per heavy atom. The summed E-state index contributed by atoms with van der Waals surface area (Å²) in [5.74, 6) is -0.0590. The normalized spacial score (nSPS) is 19.3. The van der Waals surface area contributed by atoms with Crippen molar-refractivity contribution in [1.82, 2.24) is 4.90 Å². The van der Waals surface area contributed by atoms with Gasteiger partial charge in [0.1, 0.15) is 5.82 Å². The van der Waals surface area contributed by atoms with Crippen LogP contribution in [0.2, 0.25) is 0 Å². The zero-order chi connectivity index (χ0) is 10.7. The highest BCUT2D eigenvalue weighted by atomic mass is 19.1. The molecule has 1 fully saturated rings. The molecule has 0 bridgehead atoms. The molecular formula is C13H18FN. The molecule has 1 nitrogen and oxygen atoms in total. The lowest BCUT2D eigenvalue weighted by Gasteiger charge is -2.27. The minimum absolute atomic E-state index is 0.0590. The number of benzene rings is 1. The Morgan fingerprint density at radius 1 is 1.27 bits per heavy atom. The molecule has 1 aromatic carbocycles. The second-order valence-corrected chi connectivity index (χ2v) is 4.19. The molecule has 0 radical (unpaired) electrons.